The largest absolute Gasteiger partial charge is 0.462 e. The van der Waals surface area contributed by atoms with E-state index in [0.717, 1.165) is 10.4 Å². The zero-order chi connectivity index (χ0) is 19.1. The number of thiophene rings is 1. The second kappa shape index (κ2) is 6.54. The molecule has 2 aromatic rings. The van der Waals surface area contributed by atoms with E-state index >= 15 is 0 Å². The average molecular weight is 372 g/mol. The number of ether oxygens (including phenoxy) is 1. The summed E-state index contributed by atoms with van der Waals surface area (Å²) in [6.45, 7) is 10.5. The summed E-state index contributed by atoms with van der Waals surface area (Å²) in [7, 11) is 0. The van der Waals surface area contributed by atoms with E-state index in [1.807, 2.05) is 30.3 Å². The molecule has 1 aromatic carbocycles. The second-order valence-corrected chi connectivity index (χ2v) is 8.86. The average Bonchev–Trinajstić information content (AvgIpc) is 2.87. The number of esters is 1. The quantitative estimate of drug-likeness (QED) is 0.734. The molecule has 1 fully saturated rings. The number of nitrogens with one attached hydrogen (secondary N) is 1. The maximum atomic E-state index is 12.8. The van der Waals surface area contributed by atoms with Gasteiger partial charge in [0.15, 0.2) is 0 Å². The molecular weight excluding hydrogens is 346 g/mol. The summed E-state index contributed by atoms with van der Waals surface area (Å²) in [4.78, 5) is 26.1. The van der Waals surface area contributed by atoms with Crippen LogP contribution in [0, 0.1) is 16.7 Å². The minimum absolute atomic E-state index is 0.0352. The zero-order valence-electron chi connectivity index (χ0n) is 15.9. The van der Waals surface area contributed by atoms with Crippen molar-refractivity contribution in [3.8, 4) is 10.4 Å². The maximum Gasteiger partial charge on any atom is 0.341 e. The summed E-state index contributed by atoms with van der Waals surface area (Å²) in [6, 6.07) is 11.6. The Morgan fingerprint density at radius 1 is 1.12 bits per heavy atom. The molecule has 0 atom stereocenters. The molecule has 0 radical (unpaired) electrons. The van der Waals surface area contributed by atoms with Crippen LogP contribution in [-0.2, 0) is 9.53 Å². The van der Waals surface area contributed by atoms with Crippen molar-refractivity contribution in [3.05, 3.63) is 42.0 Å². The number of hydrogen-bond acceptors (Lipinski definition) is 4. The Hall–Kier alpha value is -2.14. The fourth-order valence-corrected chi connectivity index (χ4v) is 4.68. The Labute approximate surface area is 158 Å². The predicted octanol–water partition coefficient (Wildman–Crippen LogP) is 5.21. The van der Waals surface area contributed by atoms with E-state index in [4.69, 9.17) is 4.74 Å². The number of benzene rings is 1. The van der Waals surface area contributed by atoms with Crippen molar-refractivity contribution in [2.24, 2.45) is 16.7 Å². The number of carbonyl (C=O) groups excluding carboxylic acids is 2. The molecule has 5 heteroatoms. The lowest BCUT2D eigenvalue weighted by Gasteiger charge is -2.07. The Morgan fingerprint density at radius 2 is 1.73 bits per heavy atom. The summed E-state index contributed by atoms with van der Waals surface area (Å²) >= 11 is 1.41. The van der Waals surface area contributed by atoms with E-state index in [1.54, 1.807) is 13.0 Å². The summed E-state index contributed by atoms with van der Waals surface area (Å²) < 4.78 is 5.17. The first-order valence-corrected chi connectivity index (χ1v) is 9.69. The molecule has 138 valence electrons. The number of carbonyl (C=O) groups is 2. The SMILES string of the molecule is CCOC(=O)c1cc(-c2ccccc2)sc1NC(=O)C1C(C)(C)C1(C)C. The summed E-state index contributed by atoms with van der Waals surface area (Å²) in [5, 5.41) is 3.55. The van der Waals surface area contributed by atoms with Gasteiger partial charge in [-0.25, -0.2) is 4.79 Å². The van der Waals surface area contributed by atoms with Gasteiger partial charge in [-0.2, -0.15) is 0 Å². The van der Waals surface area contributed by atoms with Crippen LogP contribution in [0.2, 0.25) is 0 Å². The van der Waals surface area contributed by atoms with Crippen molar-refractivity contribution in [2.45, 2.75) is 34.6 Å². The van der Waals surface area contributed by atoms with Gasteiger partial charge in [0.1, 0.15) is 5.00 Å². The first-order chi connectivity index (χ1) is 12.2. The van der Waals surface area contributed by atoms with Crippen molar-refractivity contribution in [2.75, 3.05) is 11.9 Å². The highest BCUT2D eigenvalue weighted by atomic mass is 32.1. The van der Waals surface area contributed by atoms with E-state index in [-0.39, 0.29) is 22.7 Å². The van der Waals surface area contributed by atoms with Crippen molar-refractivity contribution in [1.82, 2.24) is 0 Å². The van der Waals surface area contributed by atoms with Gasteiger partial charge < -0.3 is 10.1 Å². The van der Waals surface area contributed by atoms with Crippen LogP contribution in [0.4, 0.5) is 5.00 Å². The summed E-state index contributed by atoms with van der Waals surface area (Å²) in [6.07, 6.45) is 0. The lowest BCUT2D eigenvalue weighted by atomic mass is 10.0. The molecule has 3 rings (SSSR count). The van der Waals surface area contributed by atoms with E-state index < -0.39 is 5.97 Å². The molecule has 0 spiro atoms. The van der Waals surface area contributed by atoms with Gasteiger partial charge in [0.05, 0.1) is 12.2 Å². The Kier molecular flexibility index (Phi) is 4.69. The molecule has 4 nitrogen and oxygen atoms in total. The Morgan fingerprint density at radius 3 is 2.27 bits per heavy atom. The number of anilines is 1. The van der Waals surface area contributed by atoms with Crippen LogP contribution in [-0.4, -0.2) is 18.5 Å². The molecule has 0 aliphatic heterocycles. The molecular formula is C21H25NO3S. The van der Waals surface area contributed by atoms with Crippen LogP contribution in [0.1, 0.15) is 45.0 Å². The minimum atomic E-state index is -0.407. The fourth-order valence-electron chi connectivity index (χ4n) is 3.62. The highest BCUT2D eigenvalue weighted by molar-refractivity contribution is 7.20. The third-order valence-electron chi connectivity index (χ3n) is 5.81. The molecule has 0 bridgehead atoms. The summed E-state index contributed by atoms with van der Waals surface area (Å²) in [5.41, 5.74) is 1.32. The lowest BCUT2D eigenvalue weighted by Crippen LogP contribution is -2.18. The van der Waals surface area contributed by atoms with Gasteiger partial charge in [0.2, 0.25) is 5.91 Å². The van der Waals surface area contributed by atoms with E-state index in [1.165, 1.54) is 11.3 Å². The molecule has 1 N–H and O–H groups in total. The van der Waals surface area contributed by atoms with E-state index in [0.29, 0.717) is 17.2 Å². The summed E-state index contributed by atoms with van der Waals surface area (Å²) in [5.74, 6) is -0.519. The van der Waals surface area contributed by atoms with Crippen molar-refractivity contribution in [1.29, 1.82) is 0 Å². The number of rotatable bonds is 5. The standard InChI is InChI=1S/C21H25NO3S/c1-6-25-19(24)14-12-15(13-10-8-7-9-11-13)26-18(14)22-17(23)16-20(2,3)21(16,4)5/h7-12,16H,6H2,1-5H3,(H,22,23). The van der Waals surface area contributed by atoms with Crippen molar-refractivity contribution in [3.63, 3.8) is 0 Å². The van der Waals surface area contributed by atoms with Crippen LogP contribution < -0.4 is 5.32 Å². The van der Waals surface area contributed by atoms with Crippen molar-refractivity contribution < 1.29 is 14.3 Å². The molecule has 1 amide bonds. The first kappa shape index (κ1) is 18.6. The monoisotopic (exact) mass is 371 g/mol. The van der Waals surface area contributed by atoms with Gasteiger partial charge in [-0.15, -0.1) is 11.3 Å². The van der Waals surface area contributed by atoms with Crippen molar-refractivity contribution >= 4 is 28.2 Å². The van der Waals surface area contributed by atoms with Crippen LogP contribution in [0.15, 0.2) is 36.4 Å². The van der Waals surface area contributed by atoms with Crippen LogP contribution in [0.5, 0.6) is 0 Å². The number of amides is 1. The highest BCUT2D eigenvalue weighted by Gasteiger charge is 2.68. The fraction of sp³-hybridized carbons (Fsp3) is 0.429. The highest BCUT2D eigenvalue weighted by Crippen LogP contribution is 2.68. The normalized spacial score (nSPS) is 17.6. The van der Waals surface area contributed by atoms with E-state index in [2.05, 4.69) is 33.0 Å². The lowest BCUT2D eigenvalue weighted by molar-refractivity contribution is -0.118. The molecule has 26 heavy (non-hydrogen) atoms. The number of hydrogen-bond donors (Lipinski definition) is 1. The molecule has 1 saturated carbocycles. The smallest absolute Gasteiger partial charge is 0.341 e. The molecule has 0 saturated heterocycles. The first-order valence-electron chi connectivity index (χ1n) is 8.87. The van der Waals surface area contributed by atoms with Gasteiger partial charge in [-0.05, 0) is 29.4 Å². The molecule has 1 heterocycles. The predicted molar refractivity (Wildman–Crippen MR) is 105 cm³/mol. The maximum absolute atomic E-state index is 12.8. The van der Waals surface area contributed by atoms with Gasteiger partial charge in [0, 0.05) is 10.8 Å². The molecule has 0 unspecified atom stereocenters. The molecule has 1 aliphatic rings. The zero-order valence-corrected chi connectivity index (χ0v) is 16.7. The van der Waals surface area contributed by atoms with E-state index in [9.17, 15) is 9.59 Å². The van der Waals surface area contributed by atoms with Crippen LogP contribution >= 0.6 is 11.3 Å². The third kappa shape index (κ3) is 3.05. The minimum Gasteiger partial charge on any atom is -0.462 e. The third-order valence-corrected chi connectivity index (χ3v) is 6.90. The van der Waals surface area contributed by atoms with Crippen LogP contribution in [0.3, 0.4) is 0 Å². The molecule has 1 aliphatic carbocycles. The molecule has 1 aromatic heterocycles. The Bertz CT molecular complexity index is 822. The van der Waals surface area contributed by atoms with Crippen LogP contribution in [0.25, 0.3) is 10.4 Å². The van der Waals surface area contributed by atoms with Gasteiger partial charge in [-0.1, -0.05) is 58.0 Å². The Balaban J connectivity index is 1.91. The van der Waals surface area contributed by atoms with Gasteiger partial charge >= 0.3 is 5.97 Å². The topological polar surface area (TPSA) is 55.4 Å². The second-order valence-electron chi connectivity index (χ2n) is 7.81. The van der Waals surface area contributed by atoms with Gasteiger partial charge in [0.25, 0.3) is 0 Å². The van der Waals surface area contributed by atoms with Gasteiger partial charge in [-0.3, -0.25) is 4.79 Å².